The minimum atomic E-state index is 0. The lowest BCUT2D eigenvalue weighted by atomic mass is 10.1. The maximum absolute atomic E-state index is 4.63. The highest BCUT2D eigenvalue weighted by Gasteiger charge is 2.13. The zero-order valence-electron chi connectivity index (χ0n) is 13.2. The van der Waals surface area contributed by atoms with Gasteiger partial charge < -0.3 is 10.2 Å². The predicted molar refractivity (Wildman–Crippen MR) is 95.0 cm³/mol. The van der Waals surface area contributed by atoms with Crippen LogP contribution >= 0.6 is 12.4 Å². The summed E-state index contributed by atoms with van der Waals surface area (Å²) in [6.07, 6.45) is 1.10. The van der Waals surface area contributed by atoms with Crippen molar-refractivity contribution in [2.45, 2.75) is 13.3 Å². The molecule has 0 spiro atoms. The molecule has 0 saturated heterocycles. The van der Waals surface area contributed by atoms with E-state index in [2.05, 4.69) is 51.6 Å². The maximum Gasteiger partial charge on any atom is 0.183 e. The van der Waals surface area contributed by atoms with E-state index in [1.165, 1.54) is 0 Å². The van der Waals surface area contributed by atoms with E-state index < -0.39 is 0 Å². The fourth-order valence-electron chi connectivity index (χ4n) is 2.62. The molecule has 0 radical (unpaired) electrons. The molecule has 3 rings (SSSR count). The number of anilines is 1. The molecule has 0 aliphatic heterocycles. The van der Waals surface area contributed by atoms with Crippen molar-refractivity contribution in [1.82, 2.24) is 20.1 Å². The minimum absolute atomic E-state index is 0. The number of halogens is 1. The maximum atomic E-state index is 4.63. The second kappa shape index (κ2) is 6.94. The van der Waals surface area contributed by atoms with Crippen LogP contribution in [0.2, 0.25) is 0 Å². The first-order chi connectivity index (χ1) is 10.2. The molecule has 118 valence electrons. The molecular weight excluding hydrogens is 298 g/mol. The van der Waals surface area contributed by atoms with Gasteiger partial charge in [-0.25, -0.2) is 4.98 Å². The first-order valence-corrected chi connectivity index (χ1v) is 7.29. The molecule has 0 fully saturated rings. The Labute approximate surface area is 136 Å². The fourth-order valence-corrected chi connectivity index (χ4v) is 2.62. The van der Waals surface area contributed by atoms with Crippen LogP contribution in [-0.4, -0.2) is 47.3 Å². The first kappa shape index (κ1) is 16.5. The van der Waals surface area contributed by atoms with E-state index in [9.17, 15) is 0 Å². The normalized spacial score (nSPS) is 11.1. The van der Waals surface area contributed by atoms with E-state index in [0.717, 1.165) is 52.8 Å². The number of rotatable bonds is 5. The van der Waals surface area contributed by atoms with E-state index in [1.807, 2.05) is 19.1 Å². The van der Waals surface area contributed by atoms with Gasteiger partial charge in [0.2, 0.25) is 0 Å². The van der Waals surface area contributed by atoms with Crippen LogP contribution in [0, 0.1) is 6.92 Å². The molecule has 0 aliphatic carbocycles. The lowest BCUT2D eigenvalue weighted by Gasteiger charge is -2.13. The zero-order valence-corrected chi connectivity index (χ0v) is 14.0. The van der Waals surface area contributed by atoms with Crippen molar-refractivity contribution in [2.24, 2.45) is 0 Å². The van der Waals surface area contributed by atoms with Crippen LogP contribution in [0.1, 0.15) is 12.1 Å². The standard InChI is InChI=1S/C16H21N5.ClH/c1-11-14-15(17-9-6-10-21(2)3)12-7-4-5-8-13(12)18-16(14)20-19-11;/h4-5,7-8H,6,9-10H2,1-3H3,(H2,17,18,19,20);1H. The second-order valence-electron chi connectivity index (χ2n) is 5.63. The van der Waals surface area contributed by atoms with Gasteiger partial charge in [0.05, 0.1) is 16.6 Å². The van der Waals surface area contributed by atoms with Crippen LogP contribution in [-0.2, 0) is 0 Å². The Kier molecular flexibility index (Phi) is 5.21. The molecule has 0 atom stereocenters. The van der Waals surface area contributed by atoms with Gasteiger partial charge in [-0.1, -0.05) is 18.2 Å². The number of aryl methyl sites for hydroxylation is 1. The Bertz CT molecular complexity index is 766. The molecule has 0 bridgehead atoms. The summed E-state index contributed by atoms with van der Waals surface area (Å²) in [5, 5.41) is 13.2. The van der Waals surface area contributed by atoms with E-state index in [-0.39, 0.29) is 12.4 Å². The van der Waals surface area contributed by atoms with Gasteiger partial charge in [-0.15, -0.1) is 12.4 Å². The number of nitrogens with one attached hydrogen (secondary N) is 2. The summed E-state index contributed by atoms with van der Waals surface area (Å²) in [5.41, 5.74) is 3.95. The smallest absolute Gasteiger partial charge is 0.183 e. The molecule has 2 heterocycles. The summed E-state index contributed by atoms with van der Waals surface area (Å²) in [7, 11) is 4.19. The summed E-state index contributed by atoms with van der Waals surface area (Å²) in [6, 6.07) is 8.21. The summed E-state index contributed by atoms with van der Waals surface area (Å²) in [6.45, 7) is 4.05. The quantitative estimate of drug-likeness (QED) is 0.709. The molecule has 0 aliphatic rings. The Morgan fingerprint density at radius 1 is 1.23 bits per heavy atom. The lowest BCUT2D eigenvalue weighted by Crippen LogP contribution is -2.16. The Hall–Kier alpha value is -1.85. The third-order valence-corrected chi connectivity index (χ3v) is 3.66. The molecule has 0 saturated carbocycles. The molecule has 3 aromatic rings. The van der Waals surface area contributed by atoms with Crippen molar-refractivity contribution in [2.75, 3.05) is 32.5 Å². The largest absolute Gasteiger partial charge is 0.384 e. The van der Waals surface area contributed by atoms with E-state index >= 15 is 0 Å². The van der Waals surface area contributed by atoms with Crippen LogP contribution in [0.25, 0.3) is 21.9 Å². The number of fused-ring (bicyclic) bond motifs is 2. The van der Waals surface area contributed by atoms with Crippen molar-refractivity contribution in [1.29, 1.82) is 0 Å². The number of para-hydroxylation sites is 1. The summed E-state index contributed by atoms with van der Waals surface area (Å²) in [5.74, 6) is 0. The molecule has 0 amide bonds. The Morgan fingerprint density at radius 3 is 2.77 bits per heavy atom. The second-order valence-corrected chi connectivity index (χ2v) is 5.63. The van der Waals surface area contributed by atoms with Crippen LogP contribution in [0.3, 0.4) is 0 Å². The number of hydrogen-bond acceptors (Lipinski definition) is 4. The molecular formula is C16H22ClN5. The van der Waals surface area contributed by atoms with E-state index in [0.29, 0.717) is 0 Å². The summed E-state index contributed by atoms with van der Waals surface area (Å²) >= 11 is 0. The fraction of sp³-hybridized carbons (Fsp3) is 0.375. The molecule has 6 heteroatoms. The lowest BCUT2D eigenvalue weighted by molar-refractivity contribution is 0.405. The molecule has 1 aromatic carbocycles. The highest BCUT2D eigenvalue weighted by molar-refractivity contribution is 6.07. The molecule has 22 heavy (non-hydrogen) atoms. The van der Waals surface area contributed by atoms with Gasteiger partial charge in [-0.2, -0.15) is 5.10 Å². The van der Waals surface area contributed by atoms with Gasteiger partial charge in [0.15, 0.2) is 5.65 Å². The van der Waals surface area contributed by atoms with Gasteiger partial charge >= 0.3 is 0 Å². The average Bonchev–Trinajstić information content (AvgIpc) is 2.83. The van der Waals surface area contributed by atoms with Crippen LogP contribution < -0.4 is 5.32 Å². The van der Waals surface area contributed by atoms with Gasteiger partial charge in [-0.3, -0.25) is 5.10 Å². The predicted octanol–water partition coefficient (Wildman–Crippen LogP) is 3.20. The number of aromatic nitrogens is 3. The molecule has 2 N–H and O–H groups in total. The van der Waals surface area contributed by atoms with E-state index in [1.54, 1.807) is 0 Å². The zero-order chi connectivity index (χ0) is 14.8. The summed E-state index contributed by atoms with van der Waals surface area (Å²) < 4.78 is 0. The third-order valence-electron chi connectivity index (χ3n) is 3.66. The van der Waals surface area contributed by atoms with Crippen molar-refractivity contribution in [3.63, 3.8) is 0 Å². The molecule has 5 nitrogen and oxygen atoms in total. The van der Waals surface area contributed by atoms with Crippen LogP contribution in [0.15, 0.2) is 24.3 Å². The van der Waals surface area contributed by atoms with Gasteiger partial charge in [0.1, 0.15) is 0 Å². The topological polar surface area (TPSA) is 56.8 Å². The highest BCUT2D eigenvalue weighted by atomic mass is 35.5. The molecule has 2 aromatic heterocycles. The first-order valence-electron chi connectivity index (χ1n) is 7.29. The van der Waals surface area contributed by atoms with Crippen LogP contribution in [0.4, 0.5) is 5.69 Å². The van der Waals surface area contributed by atoms with Gasteiger partial charge in [0, 0.05) is 17.6 Å². The van der Waals surface area contributed by atoms with Crippen molar-refractivity contribution in [3.05, 3.63) is 30.0 Å². The van der Waals surface area contributed by atoms with Crippen molar-refractivity contribution in [3.8, 4) is 0 Å². The third kappa shape index (κ3) is 3.15. The number of H-pyrrole nitrogens is 1. The number of benzene rings is 1. The number of nitrogens with zero attached hydrogens (tertiary/aromatic N) is 3. The Morgan fingerprint density at radius 2 is 2.00 bits per heavy atom. The van der Waals surface area contributed by atoms with Crippen LogP contribution in [0.5, 0.6) is 0 Å². The van der Waals surface area contributed by atoms with E-state index in [4.69, 9.17) is 0 Å². The average molecular weight is 320 g/mol. The van der Waals surface area contributed by atoms with Crippen molar-refractivity contribution >= 4 is 40.0 Å². The Balaban J connectivity index is 0.00000176. The highest BCUT2D eigenvalue weighted by Crippen LogP contribution is 2.31. The number of hydrogen-bond donors (Lipinski definition) is 2. The summed E-state index contributed by atoms with van der Waals surface area (Å²) in [4.78, 5) is 6.82. The number of aromatic amines is 1. The molecule has 0 unspecified atom stereocenters. The minimum Gasteiger partial charge on any atom is -0.384 e. The number of pyridine rings is 1. The van der Waals surface area contributed by atoms with Gasteiger partial charge in [-0.05, 0) is 40.1 Å². The van der Waals surface area contributed by atoms with Gasteiger partial charge in [0.25, 0.3) is 0 Å². The SMILES string of the molecule is Cc1[nH]nc2nc3ccccc3c(NCCCN(C)C)c12.Cl. The monoisotopic (exact) mass is 319 g/mol. The van der Waals surface area contributed by atoms with Crippen molar-refractivity contribution < 1.29 is 0 Å².